The average Bonchev–Trinajstić information content (AvgIpc) is 3.60. The lowest BCUT2D eigenvalue weighted by Crippen LogP contribution is -2.25. The Morgan fingerprint density at radius 1 is 1.00 bits per heavy atom. The zero-order chi connectivity index (χ0) is 27.7. The average molecular weight is 560 g/mol. The van der Waals surface area contributed by atoms with Crippen molar-refractivity contribution in [2.75, 3.05) is 13.7 Å². The van der Waals surface area contributed by atoms with Gasteiger partial charge in [0.1, 0.15) is 23.1 Å². The molecule has 0 aliphatic heterocycles. The molecule has 5 rings (SSSR count). The first-order valence-corrected chi connectivity index (χ1v) is 15.5. The first kappa shape index (κ1) is 28.2. The van der Waals surface area contributed by atoms with E-state index < -0.39 is 0 Å². The monoisotopic (exact) mass is 559 g/mol. The van der Waals surface area contributed by atoms with Gasteiger partial charge >= 0.3 is 0 Å². The molecule has 2 aromatic heterocycles. The lowest BCUT2D eigenvalue weighted by molar-refractivity contribution is 0.0953. The molecule has 0 fully saturated rings. The lowest BCUT2D eigenvalue weighted by atomic mass is 9.97. The largest absolute Gasteiger partial charge is 0.497 e. The topological polar surface area (TPSA) is 65.4 Å². The van der Waals surface area contributed by atoms with Gasteiger partial charge in [-0.2, -0.15) is 0 Å². The van der Waals surface area contributed by atoms with Gasteiger partial charge in [-0.1, -0.05) is 23.3 Å². The highest BCUT2D eigenvalue weighted by atomic mass is 32.1. The Balaban J connectivity index is 1.31. The fraction of sp³-hybridized carbons (Fsp3) is 0.455. The number of carbonyl (C=O) groups excluding carboxylic acids is 1. The van der Waals surface area contributed by atoms with Gasteiger partial charge in [-0.25, -0.2) is 4.98 Å². The summed E-state index contributed by atoms with van der Waals surface area (Å²) in [5.41, 5.74) is 6.66. The summed E-state index contributed by atoms with van der Waals surface area (Å²) in [6.07, 6.45) is 16.5. The van der Waals surface area contributed by atoms with Crippen molar-refractivity contribution < 1.29 is 14.3 Å². The quantitative estimate of drug-likeness (QED) is 0.228. The van der Waals surface area contributed by atoms with Gasteiger partial charge in [0.15, 0.2) is 0 Å². The van der Waals surface area contributed by atoms with Crippen molar-refractivity contribution in [2.24, 2.45) is 0 Å². The van der Waals surface area contributed by atoms with Gasteiger partial charge in [0, 0.05) is 24.2 Å². The number of methoxy groups -OCH3 is 1. The third kappa shape index (κ3) is 7.25. The number of ether oxygens (including phenoxy) is 2. The molecule has 2 aliphatic rings. The third-order valence-corrected chi connectivity index (χ3v) is 8.83. The molecule has 0 spiro atoms. The standard InChI is InChI=1S/C33H41N3O3S/c1-24-29(33(37)34-19-17-25-9-5-3-6-10-25)21-31(36(24)20-18-26-11-7-4-8-12-26)30-23-40-32(35-30)22-39-28-15-13-27(38-2)14-16-28/h9,11,13-16,21,23H,3-8,10,12,17-20,22H2,1-2H3,(H,34,37). The first-order chi connectivity index (χ1) is 19.6. The maximum atomic E-state index is 13.3. The molecule has 2 aliphatic carbocycles. The van der Waals surface area contributed by atoms with Crippen LogP contribution in [-0.2, 0) is 13.2 Å². The normalized spacial score (nSPS) is 15.3. The SMILES string of the molecule is COc1ccc(OCc2nc(-c3cc(C(=O)NCCC4=CCCCC4)c(C)n3CCC3=CCCCC3)cs2)cc1. The van der Waals surface area contributed by atoms with E-state index in [0.29, 0.717) is 13.2 Å². The van der Waals surface area contributed by atoms with E-state index in [1.807, 2.05) is 30.3 Å². The second-order valence-corrected chi connectivity index (χ2v) is 11.7. The van der Waals surface area contributed by atoms with E-state index in [-0.39, 0.29) is 5.91 Å². The number of nitrogens with zero attached hydrogens (tertiary/aromatic N) is 2. The zero-order valence-electron chi connectivity index (χ0n) is 23.8. The van der Waals surface area contributed by atoms with Crippen molar-refractivity contribution in [1.82, 2.24) is 14.9 Å². The maximum Gasteiger partial charge on any atom is 0.253 e. The van der Waals surface area contributed by atoms with Gasteiger partial charge in [0.05, 0.1) is 24.1 Å². The van der Waals surface area contributed by atoms with Gasteiger partial charge in [-0.3, -0.25) is 4.79 Å². The minimum Gasteiger partial charge on any atom is -0.497 e. The Bertz CT molecular complexity index is 1350. The molecule has 1 aromatic carbocycles. The van der Waals surface area contributed by atoms with Crippen molar-refractivity contribution >= 4 is 17.2 Å². The van der Waals surface area contributed by atoms with Crippen LogP contribution in [0.4, 0.5) is 0 Å². The second kappa shape index (κ2) is 13.8. The van der Waals surface area contributed by atoms with Gasteiger partial charge < -0.3 is 19.4 Å². The number of thiazole rings is 1. The van der Waals surface area contributed by atoms with Gasteiger partial charge in [-0.05, 0) is 101 Å². The van der Waals surface area contributed by atoms with Gasteiger partial charge in [-0.15, -0.1) is 11.3 Å². The summed E-state index contributed by atoms with van der Waals surface area (Å²) >= 11 is 1.59. The maximum absolute atomic E-state index is 13.3. The molecule has 7 heteroatoms. The molecular formula is C33H41N3O3S. The van der Waals surface area contributed by atoms with Crippen molar-refractivity contribution in [3.63, 3.8) is 0 Å². The molecule has 6 nitrogen and oxygen atoms in total. The number of hydrogen-bond donors (Lipinski definition) is 1. The molecule has 0 saturated carbocycles. The molecule has 2 heterocycles. The van der Waals surface area contributed by atoms with Crippen molar-refractivity contribution in [2.45, 2.75) is 84.3 Å². The zero-order valence-corrected chi connectivity index (χ0v) is 24.7. The number of carbonyl (C=O) groups is 1. The van der Waals surface area contributed by atoms with Crippen LogP contribution < -0.4 is 14.8 Å². The molecule has 0 atom stereocenters. The summed E-state index contributed by atoms with van der Waals surface area (Å²) in [6, 6.07) is 9.61. The van der Waals surface area contributed by atoms with Crippen molar-refractivity contribution in [3.8, 4) is 22.9 Å². The first-order valence-electron chi connectivity index (χ1n) is 14.7. The molecule has 0 unspecified atom stereocenters. The summed E-state index contributed by atoms with van der Waals surface area (Å²) in [5.74, 6) is 1.58. The molecule has 1 amide bonds. The molecular weight excluding hydrogens is 518 g/mol. The predicted octanol–water partition coefficient (Wildman–Crippen LogP) is 8.02. The second-order valence-electron chi connectivity index (χ2n) is 10.7. The van der Waals surface area contributed by atoms with Crippen LogP contribution >= 0.6 is 11.3 Å². The number of aromatic nitrogens is 2. The Labute approximate surface area is 242 Å². The lowest BCUT2D eigenvalue weighted by Gasteiger charge is -2.16. The number of rotatable bonds is 12. The van der Waals surface area contributed by atoms with Crippen LogP contribution in [-0.4, -0.2) is 29.1 Å². The summed E-state index contributed by atoms with van der Waals surface area (Å²) < 4.78 is 13.5. The Kier molecular flexibility index (Phi) is 9.76. The van der Waals surface area contributed by atoms with Gasteiger partial charge in [0.2, 0.25) is 0 Å². The van der Waals surface area contributed by atoms with Crippen molar-refractivity contribution in [3.05, 3.63) is 75.3 Å². The van der Waals surface area contributed by atoms with Crippen LogP contribution in [0, 0.1) is 6.92 Å². The van der Waals surface area contributed by atoms with Crippen LogP contribution in [0.3, 0.4) is 0 Å². The van der Waals surface area contributed by atoms with E-state index >= 15 is 0 Å². The van der Waals surface area contributed by atoms with Gasteiger partial charge in [0.25, 0.3) is 5.91 Å². The molecule has 1 N–H and O–H groups in total. The number of hydrogen-bond acceptors (Lipinski definition) is 5. The van der Waals surface area contributed by atoms with E-state index in [1.165, 1.54) is 62.5 Å². The fourth-order valence-corrected chi connectivity index (χ4v) is 6.34. The van der Waals surface area contributed by atoms with Crippen molar-refractivity contribution in [1.29, 1.82) is 0 Å². The third-order valence-electron chi connectivity index (χ3n) is 8.01. The summed E-state index contributed by atoms with van der Waals surface area (Å²) in [5, 5.41) is 6.16. The van der Waals surface area contributed by atoms with Crippen LogP contribution in [0.15, 0.2) is 59.0 Å². The highest BCUT2D eigenvalue weighted by Crippen LogP contribution is 2.30. The minimum atomic E-state index is 0.00378. The number of nitrogens with one attached hydrogen (secondary N) is 1. The minimum absolute atomic E-state index is 0.00378. The van der Waals surface area contributed by atoms with E-state index in [1.54, 1.807) is 18.4 Å². The molecule has 212 valence electrons. The molecule has 0 radical (unpaired) electrons. The number of amides is 1. The summed E-state index contributed by atoms with van der Waals surface area (Å²) in [4.78, 5) is 18.2. The van der Waals surface area contributed by atoms with Crippen LogP contribution in [0.5, 0.6) is 11.5 Å². The Morgan fingerprint density at radius 2 is 1.70 bits per heavy atom. The summed E-state index contributed by atoms with van der Waals surface area (Å²) in [7, 11) is 1.65. The molecule has 0 saturated heterocycles. The van der Waals surface area contributed by atoms with Crippen LogP contribution in [0.25, 0.3) is 11.4 Å². The smallest absolute Gasteiger partial charge is 0.253 e. The number of allylic oxidation sites excluding steroid dienone is 3. The number of benzene rings is 1. The molecule has 40 heavy (non-hydrogen) atoms. The summed E-state index contributed by atoms with van der Waals surface area (Å²) in [6.45, 7) is 3.99. The van der Waals surface area contributed by atoms with E-state index in [2.05, 4.69) is 34.3 Å². The molecule has 3 aromatic rings. The fourth-order valence-electron chi connectivity index (χ4n) is 5.64. The highest BCUT2D eigenvalue weighted by molar-refractivity contribution is 7.09. The van der Waals surface area contributed by atoms with Crippen LogP contribution in [0.2, 0.25) is 0 Å². The van der Waals surface area contributed by atoms with Crippen LogP contribution in [0.1, 0.15) is 85.3 Å². The predicted molar refractivity (Wildman–Crippen MR) is 162 cm³/mol. The Hall–Kier alpha value is -3.32. The van der Waals surface area contributed by atoms with E-state index in [9.17, 15) is 4.79 Å². The van der Waals surface area contributed by atoms with E-state index in [0.717, 1.165) is 58.5 Å². The highest BCUT2D eigenvalue weighted by Gasteiger charge is 2.21. The molecule has 0 bridgehead atoms. The van der Waals surface area contributed by atoms with E-state index in [4.69, 9.17) is 14.5 Å². The Morgan fingerprint density at radius 3 is 2.38 bits per heavy atom.